The van der Waals surface area contributed by atoms with Crippen LogP contribution < -0.4 is 0 Å². The van der Waals surface area contributed by atoms with Gasteiger partial charge in [0.05, 0.1) is 0 Å². The van der Waals surface area contributed by atoms with Gasteiger partial charge in [0.25, 0.3) is 5.09 Å². The van der Waals surface area contributed by atoms with Crippen LogP contribution in [0.2, 0.25) is 0 Å². The molecule has 0 radical (unpaired) electrons. The normalized spacial score (nSPS) is 3.43. The molecule has 0 amide bonds. The largest absolute Gasteiger partial charge is 2.00 e. The molecule has 0 bridgehead atoms. The van der Waals surface area contributed by atoms with Crippen LogP contribution in [0.15, 0.2) is 0 Å². The molecule has 0 atom stereocenters. The second-order valence-corrected chi connectivity index (χ2v) is 0.238. The third-order valence-electron chi connectivity index (χ3n) is 0. The van der Waals surface area contributed by atoms with Gasteiger partial charge in [-0.15, -0.1) is 22.5 Å². The van der Waals surface area contributed by atoms with Gasteiger partial charge in [0.15, 0.2) is 0 Å². The summed E-state index contributed by atoms with van der Waals surface area (Å²) >= 11 is 0. The van der Waals surface area contributed by atoms with Crippen molar-refractivity contribution in [2.75, 3.05) is 0 Å². The molecule has 0 aliphatic rings. The minimum Gasteiger partial charge on any atom is -0.328 e. The van der Waals surface area contributed by atoms with Crippen LogP contribution in [0, 0.1) is 10.1 Å². The van der Waals surface area contributed by atoms with E-state index in [9.17, 15) is 0 Å². The molecule has 0 heterocycles. The fourth-order valence-electron chi connectivity index (χ4n) is 0. The fraction of sp³-hybridized carbons (Fsp3) is 0. The van der Waals surface area contributed by atoms with Crippen LogP contribution in [0.1, 0.15) is 0 Å². The molecule has 0 aliphatic carbocycles. The van der Waals surface area contributed by atoms with Gasteiger partial charge in [-0.1, -0.05) is 0 Å². The molecule has 0 aromatic rings. The van der Waals surface area contributed by atoms with Crippen molar-refractivity contribution in [3.63, 3.8) is 0 Å². The molecule has 0 saturated heterocycles. The maximum absolute atomic E-state index is 8.36. The molecule has 0 spiro atoms. The maximum atomic E-state index is 8.36. The molecule has 4 nitrogen and oxygen atoms in total. The molecular weight excluding hydrogens is 162 g/mol. The summed E-state index contributed by atoms with van der Waals surface area (Å²) in [6.45, 7) is 0. The van der Waals surface area contributed by atoms with Crippen LogP contribution in [0.4, 0.5) is 0 Å². The Balaban J connectivity index is -0.0000000150. The number of hydrogen-bond donors (Lipinski definition) is 1. The summed E-state index contributed by atoms with van der Waals surface area (Å²) < 4.78 is 0. The third kappa shape index (κ3) is 99.5. The van der Waals surface area contributed by atoms with Crippen LogP contribution in [0.25, 0.3) is 0 Å². The summed E-state index contributed by atoms with van der Waals surface area (Å²) in [5, 5.41) is 13.6. The van der Waals surface area contributed by atoms with Gasteiger partial charge in [-0.05, 0) is 0 Å². The summed E-state index contributed by atoms with van der Waals surface area (Å²) in [5.74, 6) is 0. The molecule has 0 aromatic heterocycles. The number of hydrogen-bond acceptors (Lipinski definition) is 2. The maximum Gasteiger partial charge on any atom is 2.00 e. The first-order chi connectivity index (χ1) is 1.73. The van der Waals surface area contributed by atoms with Crippen molar-refractivity contribution in [2.24, 2.45) is 0 Å². The van der Waals surface area contributed by atoms with Gasteiger partial charge < -0.3 is 5.21 Å². The first-order valence-electron chi connectivity index (χ1n) is 0.565. The molecule has 7 heteroatoms. The van der Waals surface area contributed by atoms with Crippen LogP contribution in [0.5, 0.6) is 0 Å². The molecule has 0 saturated carbocycles. The van der Waals surface area contributed by atoms with E-state index in [0.29, 0.717) is 0 Å². The van der Waals surface area contributed by atoms with E-state index in [-0.39, 0.29) is 73.2 Å². The van der Waals surface area contributed by atoms with E-state index in [0.717, 1.165) is 0 Å². The Morgan fingerprint density at radius 1 is 1.57 bits per heavy atom. The molecule has 0 aliphatic heterocycles. The molecular formula is H4CaClMgNO3+2. The second-order valence-electron chi connectivity index (χ2n) is 0.238. The van der Waals surface area contributed by atoms with Gasteiger partial charge in [0.1, 0.15) is 0 Å². The molecule has 0 unspecified atom stereocenters. The van der Waals surface area contributed by atoms with Gasteiger partial charge in [0.2, 0.25) is 0 Å². The van der Waals surface area contributed by atoms with E-state index in [1.807, 2.05) is 0 Å². The van der Waals surface area contributed by atoms with Crippen LogP contribution in [-0.4, -0.2) is 71.1 Å². The average Bonchev–Trinajstić information content (AvgIpc) is 0.811. The summed E-state index contributed by atoms with van der Waals surface area (Å²) in [4.78, 5) is 8.36. The van der Waals surface area contributed by atoms with Crippen molar-refractivity contribution in [2.45, 2.75) is 0 Å². The molecule has 0 fully saturated rings. The molecule has 36 valence electrons. The molecule has 7 heavy (non-hydrogen) atoms. The van der Waals surface area contributed by atoms with Crippen molar-refractivity contribution in [1.29, 1.82) is 0 Å². The zero-order valence-corrected chi connectivity index (χ0v) is 5.85. The van der Waals surface area contributed by atoms with Gasteiger partial charge in [-0.25, -0.2) is 0 Å². The quantitative estimate of drug-likeness (QED) is 0.278. The van der Waals surface area contributed by atoms with Gasteiger partial charge in [-0.2, -0.15) is 0 Å². The van der Waals surface area contributed by atoms with Crippen LogP contribution in [0.3, 0.4) is 0 Å². The summed E-state index contributed by atoms with van der Waals surface area (Å²) in [5.41, 5.74) is 0. The molecule has 0 rings (SSSR count). The minimum absolute atomic E-state index is 0. The van der Waals surface area contributed by atoms with Crippen molar-refractivity contribution in [1.82, 2.24) is 0 Å². The monoisotopic (exact) mass is 165 g/mol. The molecule has 1 N–H and O–H groups in total. The van der Waals surface area contributed by atoms with Crippen molar-refractivity contribution in [3.05, 3.63) is 10.1 Å². The zero-order valence-electron chi connectivity index (χ0n) is 2.83. The smallest absolute Gasteiger partial charge is 0.328 e. The van der Waals surface area contributed by atoms with Crippen LogP contribution >= 0.6 is 12.4 Å². The summed E-state index contributed by atoms with van der Waals surface area (Å²) in [6, 6.07) is 0. The first-order valence-corrected chi connectivity index (χ1v) is 0.565. The Kier molecular flexibility index (Phi) is 52.7. The minimum atomic E-state index is -1.50. The zero-order chi connectivity index (χ0) is 3.58. The topological polar surface area (TPSA) is 63.4 Å². The van der Waals surface area contributed by atoms with Gasteiger partial charge in [0, 0.05) is 0 Å². The predicted molar refractivity (Wildman–Crippen MR) is 30.3 cm³/mol. The standard InChI is InChI=1S/Ca.ClH.Mg.HNO3.2H/c;;;2-1(3)4;;/h;1H;;(H,2,3,4);;/q+2;;;;;. The Morgan fingerprint density at radius 2 is 1.57 bits per heavy atom. The third-order valence-corrected chi connectivity index (χ3v) is 0. The van der Waals surface area contributed by atoms with E-state index in [1.54, 1.807) is 0 Å². The van der Waals surface area contributed by atoms with E-state index in [4.69, 9.17) is 15.3 Å². The van der Waals surface area contributed by atoms with Gasteiger partial charge in [-0.3, -0.25) is 0 Å². The Labute approximate surface area is 92.3 Å². The SMILES string of the molecule is Cl.O=[N+]([O-])O.[Ca+2].[MgH2]. The van der Waals surface area contributed by atoms with E-state index >= 15 is 0 Å². The van der Waals surface area contributed by atoms with E-state index < -0.39 is 5.09 Å². The predicted octanol–water partition coefficient (Wildman–Crippen LogP) is -1.22. The number of rotatable bonds is 0. The molecule has 0 aromatic carbocycles. The van der Waals surface area contributed by atoms with Crippen molar-refractivity contribution in [3.8, 4) is 0 Å². The van der Waals surface area contributed by atoms with E-state index in [1.165, 1.54) is 0 Å². The van der Waals surface area contributed by atoms with Crippen molar-refractivity contribution >= 4 is 73.2 Å². The van der Waals surface area contributed by atoms with Crippen LogP contribution in [-0.2, 0) is 0 Å². The van der Waals surface area contributed by atoms with Crippen molar-refractivity contribution < 1.29 is 10.3 Å². The summed E-state index contributed by atoms with van der Waals surface area (Å²) in [7, 11) is 0. The summed E-state index contributed by atoms with van der Waals surface area (Å²) in [6.07, 6.45) is 0. The number of nitrogens with zero attached hydrogens (tertiary/aromatic N) is 1. The number of halogens is 1. The average molecular weight is 166 g/mol. The van der Waals surface area contributed by atoms with E-state index in [2.05, 4.69) is 0 Å². The Bertz CT molecular complexity index is 37.9. The fourth-order valence-corrected chi connectivity index (χ4v) is 0. The van der Waals surface area contributed by atoms with Gasteiger partial charge >= 0.3 is 60.8 Å². The second kappa shape index (κ2) is 15.6. The first kappa shape index (κ1) is 23.6. The Hall–Kier alpha value is 1.52. The Morgan fingerprint density at radius 3 is 1.57 bits per heavy atom.